The van der Waals surface area contributed by atoms with Gasteiger partial charge in [-0.3, -0.25) is 0 Å². The van der Waals surface area contributed by atoms with E-state index in [0.29, 0.717) is 0 Å². The largest absolute Gasteiger partial charge is 0.172 e. The number of hydrogen-bond acceptors (Lipinski definition) is 8. The highest BCUT2D eigenvalue weighted by molar-refractivity contribution is 7.14. The Morgan fingerprint density at radius 2 is 0.740 bits per heavy atom. The molecule has 268 valence electrons. The number of hydrogen-bond donors (Lipinski definition) is 0. The molecule has 0 aliphatic rings. The van der Waals surface area contributed by atoms with Crippen LogP contribution in [0.5, 0.6) is 0 Å². The van der Waals surface area contributed by atoms with Gasteiger partial charge < -0.3 is 0 Å². The molecule has 0 amide bonds. The van der Waals surface area contributed by atoms with Crippen molar-refractivity contribution in [2.75, 3.05) is 0 Å². The van der Waals surface area contributed by atoms with Crippen LogP contribution in [0.1, 0.15) is 153 Å². The van der Waals surface area contributed by atoms with Gasteiger partial charge in [-0.25, -0.2) is 0 Å². The summed E-state index contributed by atoms with van der Waals surface area (Å²) < 4.78 is 19.4. The van der Waals surface area contributed by atoms with Gasteiger partial charge in [0.25, 0.3) is 0 Å². The molecule has 8 heteroatoms. The molecule has 0 aliphatic carbocycles. The molecule has 0 radical (unpaired) electrons. The van der Waals surface area contributed by atoms with Crippen LogP contribution in [0.3, 0.4) is 0 Å². The predicted octanol–water partition coefficient (Wildman–Crippen LogP) is 15.2. The predicted molar refractivity (Wildman–Crippen MR) is 224 cm³/mol. The molecule has 6 rings (SSSR count). The Bertz CT molecular complexity index is 1740. The molecule has 0 N–H and O–H groups in total. The quantitative estimate of drug-likeness (QED) is 0.0579. The lowest BCUT2D eigenvalue weighted by molar-refractivity contribution is 0.556. The van der Waals surface area contributed by atoms with E-state index in [1.165, 1.54) is 184 Å². The Balaban J connectivity index is 1.08. The molecule has 0 aliphatic heterocycles. The third kappa shape index (κ3) is 9.99. The van der Waals surface area contributed by atoms with Gasteiger partial charge in [-0.15, -0.1) is 22.7 Å². The van der Waals surface area contributed by atoms with Crippen molar-refractivity contribution in [1.29, 1.82) is 0 Å². The summed E-state index contributed by atoms with van der Waals surface area (Å²) in [6.45, 7) is 4.59. The Morgan fingerprint density at radius 1 is 0.400 bits per heavy atom. The maximum absolute atomic E-state index is 4.86. The van der Waals surface area contributed by atoms with Crippen molar-refractivity contribution < 1.29 is 0 Å². The molecule has 50 heavy (non-hydrogen) atoms. The van der Waals surface area contributed by atoms with Gasteiger partial charge in [0.05, 0.1) is 23.5 Å². The molecule has 0 unspecified atom stereocenters. The van der Waals surface area contributed by atoms with Gasteiger partial charge in [-0.1, -0.05) is 129 Å². The molecule has 4 heterocycles. The normalized spacial score (nSPS) is 12.0. The summed E-state index contributed by atoms with van der Waals surface area (Å²) in [6.07, 6.45) is 29.8. The van der Waals surface area contributed by atoms with Crippen LogP contribution in [-0.4, -0.2) is 17.5 Å². The molecule has 0 atom stereocenters. The zero-order valence-electron chi connectivity index (χ0n) is 30.4. The monoisotopic (exact) mass is 744 g/mol. The number of nitrogens with zero attached hydrogens (tertiary/aromatic N) is 4. The van der Waals surface area contributed by atoms with Crippen LogP contribution in [0.2, 0.25) is 0 Å². The van der Waals surface area contributed by atoms with E-state index in [9.17, 15) is 0 Å². The summed E-state index contributed by atoms with van der Waals surface area (Å²) in [7, 11) is 0. The smallest absolute Gasteiger partial charge is 0.114 e. The SMILES string of the molecule is CCCCCCCCCCCCc1csc(-c2cc3c(cc(-c4cc(CCCCCCCCCCCC)cs4)c4nsnc43)c3nsnc23)c1. The lowest BCUT2D eigenvalue weighted by Crippen LogP contribution is -1.87. The lowest BCUT2D eigenvalue weighted by Gasteiger charge is -2.08. The molecule has 4 aromatic heterocycles. The molecule has 0 spiro atoms. The Kier molecular flexibility index (Phi) is 15.1. The van der Waals surface area contributed by atoms with Crippen molar-refractivity contribution in [3.8, 4) is 20.9 Å². The molecular weight excluding hydrogens is 689 g/mol. The third-order valence-corrected chi connectivity index (χ3v) is 13.4. The van der Waals surface area contributed by atoms with Crippen molar-refractivity contribution in [3.05, 3.63) is 46.2 Å². The number of benzene rings is 2. The molecular formula is C42H56N4S4. The maximum Gasteiger partial charge on any atom is 0.114 e. The number of aryl methyl sites for hydroxylation is 2. The zero-order chi connectivity index (χ0) is 34.4. The summed E-state index contributed by atoms with van der Waals surface area (Å²) in [5.41, 5.74) is 9.25. The fourth-order valence-corrected chi connectivity index (χ4v) is 10.4. The van der Waals surface area contributed by atoms with Crippen molar-refractivity contribution in [2.24, 2.45) is 0 Å². The standard InChI is InChI=1S/C42H56N4S4/c1-3-5-7-9-11-13-15-17-19-21-23-31-25-37(47-29-31)35-27-33-34(39-41(35)45-49-43-39)28-36(42-40(33)44-50-46-42)38-26-32(30-48-38)24-22-20-18-16-14-12-10-8-6-4-2/h25-30H,3-24H2,1-2H3. The van der Waals surface area contributed by atoms with Gasteiger partial charge in [-0.05, 0) is 71.8 Å². The van der Waals surface area contributed by atoms with Gasteiger partial charge in [0.1, 0.15) is 22.1 Å². The van der Waals surface area contributed by atoms with Gasteiger partial charge >= 0.3 is 0 Å². The van der Waals surface area contributed by atoms with Crippen molar-refractivity contribution >= 4 is 79.0 Å². The number of aromatic nitrogens is 4. The summed E-state index contributed by atoms with van der Waals surface area (Å²) >= 11 is 6.32. The Labute approximate surface area is 316 Å². The van der Waals surface area contributed by atoms with E-state index in [0.717, 1.165) is 45.7 Å². The van der Waals surface area contributed by atoms with Gasteiger partial charge in [0, 0.05) is 31.7 Å². The van der Waals surface area contributed by atoms with Crippen LogP contribution < -0.4 is 0 Å². The van der Waals surface area contributed by atoms with Crippen LogP contribution in [0.25, 0.3) is 53.7 Å². The van der Waals surface area contributed by atoms with Crippen LogP contribution in [0, 0.1) is 0 Å². The highest BCUT2D eigenvalue weighted by Gasteiger charge is 2.20. The number of unbranched alkanes of at least 4 members (excludes halogenated alkanes) is 18. The average molecular weight is 745 g/mol. The fraction of sp³-hybridized carbons (Fsp3) is 0.571. The van der Waals surface area contributed by atoms with E-state index in [1.54, 1.807) is 0 Å². The first-order valence-electron chi connectivity index (χ1n) is 19.8. The molecule has 2 aromatic carbocycles. The first kappa shape index (κ1) is 37.5. The Morgan fingerprint density at radius 3 is 1.12 bits per heavy atom. The van der Waals surface area contributed by atoms with Crippen LogP contribution >= 0.6 is 46.1 Å². The highest BCUT2D eigenvalue weighted by Crippen LogP contribution is 2.43. The minimum atomic E-state index is 0.991. The van der Waals surface area contributed by atoms with Crippen molar-refractivity contribution in [3.63, 3.8) is 0 Å². The van der Waals surface area contributed by atoms with E-state index in [4.69, 9.17) is 17.5 Å². The number of rotatable bonds is 24. The van der Waals surface area contributed by atoms with Crippen LogP contribution in [0.15, 0.2) is 35.0 Å². The third-order valence-electron chi connectivity index (χ3n) is 10.3. The molecule has 0 saturated heterocycles. The Hall–Kier alpha value is -2.26. The lowest BCUT2D eigenvalue weighted by atomic mass is 9.98. The zero-order valence-corrected chi connectivity index (χ0v) is 33.7. The molecule has 0 saturated carbocycles. The van der Waals surface area contributed by atoms with Crippen LogP contribution in [-0.2, 0) is 12.8 Å². The molecule has 6 aromatic rings. The second-order valence-electron chi connectivity index (χ2n) is 14.4. The minimum Gasteiger partial charge on any atom is -0.172 e. The fourth-order valence-electron chi connectivity index (χ4n) is 7.36. The van der Waals surface area contributed by atoms with Crippen molar-refractivity contribution in [1.82, 2.24) is 17.5 Å². The molecule has 0 bridgehead atoms. The second kappa shape index (κ2) is 20.1. The molecule has 0 fully saturated rings. The first-order chi connectivity index (χ1) is 24.8. The maximum atomic E-state index is 4.86. The van der Waals surface area contributed by atoms with Gasteiger partial charge in [-0.2, -0.15) is 17.5 Å². The van der Waals surface area contributed by atoms with Crippen molar-refractivity contribution in [2.45, 2.75) is 155 Å². The average Bonchev–Trinajstić information content (AvgIpc) is 3.97. The van der Waals surface area contributed by atoms with E-state index >= 15 is 0 Å². The number of fused-ring (bicyclic) bond motifs is 5. The van der Waals surface area contributed by atoms with Crippen LogP contribution in [0.4, 0.5) is 0 Å². The van der Waals surface area contributed by atoms with Gasteiger partial charge in [0.2, 0.25) is 0 Å². The highest BCUT2D eigenvalue weighted by atomic mass is 32.1. The summed E-state index contributed by atoms with van der Waals surface area (Å²) in [4.78, 5) is 2.56. The molecule has 4 nitrogen and oxygen atoms in total. The number of thiophene rings is 2. The first-order valence-corrected chi connectivity index (χ1v) is 23.0. The summed E-state index contributed by atoms with van der Waals surface area (Å²) in [5, 5.41) is 6.98. The summed E-state index contributed by atoms with van der Waals surface area (Å²) in [5.74, 6) is 0. The summed E-state index contributed by atoms with van der Waals surface area (Å²) in [6, 6.07) is 9.41. The van der Waals surface area contributed by atoms with E-state index < -0.39 is 0 Å². The van der Waals surface area contributed by atoms with E-state index in [-0.39, 0.29) is 0 Å². The second-order valence-corrected chi connectivity index (χ2v) is 17.2. The van der Waals surface area contributed by atoms with E-state index in [1.807, 2.05) is 22.7 Å². The minimum absolute atomic E-state index is 0.991. The van der Waals surface area contributed by atoms with E-state index in [2.05, 4.69) is 48.9 Å². The topological polar surface area (TPSA) is 51.6 Å². The van der Waals surface area contributed by atoms with Gasteiger partial charge in [0.15, 0.2) is 0 Å².